The van der Waals surface area contributed by atoms with Gasteiger partial charge in [0.2, 0.25) is 0 Å². The van der Waals surface area contributed by atoms with Crippen molar-refractivity contribution in [2.45, 2.75) is 57.2 Å². The lowest BCUT2D eigenvalue weighted by molar-refractivity contribution is -0.241. The van der Waals surface area contributed by atoms with E-state index in [4.69, 9.17) is 4.74 Å². The Morgan fingerprint density at radius 1 is 1.11 bits per heavy atom. The van der Waals surface area contributed by atoms with Gasteiger partial charge in [0.05, 0.1) is 11.5 Å². The number of ether oxygens (including phenoxy) is 1. The van der Waals surface area contributed by atoms with Crippen molar-refractivity contribution in [1.29, 1.82) is 0 Å². The van der Waals surface area contributed by atoms with Gasteiger partial charge in [0.25, 0.3) is 0 Å². The topological polar surface area (TPSA) is 12.5 Å². The van der Waals surface area contributed by atoms with Crippen LogP contribution in [0.3, 0.4) is 0 Å². The van der Waals surface area contributed by atoms with Crippen molar-refractivity contribution in [3.8, 4) is 0 Å². The third-order valence-electron chi connectivity index (χ3n) is 4.81. The van der Waals surface area contributed by atoms with Gasteiger partial charge in [0.15, 0.2) is 0 Å². The maximum Gasteiger partial charge on any atom is 0.395 e. The SMILES string of the molecule is COC1CCN(CC2(C(F)(F)F)CCCCC2)CC1. The van der Waals surface area contributed by atoms with Crippen molar-refractivity contribution in [1.82, 2.24) is 4.90 Å². The van der Waals surface area contributed by atoms with Crippen molar-refractivity contribution >= 4 is 0 Å². The van der Waals surface area contributed by atoms with Crippen molar-refractivity contribution < 1.29 is 17.9 Å². The zero-order valence-electron chi connectivity index (χ0n) is 11.6. The molecule has 0 unspecified atom stereocenters. The number of alkyl halides is 3. The summed E-state index contributed by atoms with van der Waals surface area (Å²) in [5, 5.41) is 0. The van der Waals surface area contributed by atoms with E-state index in [1.807, 2.05) is 4.90 Å². The first-order valence-electron chi connectivity index (χ1n) is 7.29. The first kappa shape index (κ1) is 15.1. The highest BCUT2D eigenvalue weighted by Crippen LogP contribution is 2.49. The molecule has 0 atom stereocenters. The molecule has 2 rings (SSSR count). The summed E-state index contributed by atoms with van der Waals surface area (Å²) >= 11 is 0. The molecule has 2 fully saturated rings. The molecule has 1 saturated heterocycles. The maximum absolute atomic E-state index is 13.4. The van der Waals surface area contributed by atoms with Gasteiger partial charge in [-0.15, -0.1) is 0 Å². The molecule has 0 bridgehead atoms. The second-order valence-electron chi connectivity index (χ2n) is 6.05. The third-order valence-corrected chi connectivity index (χ3v) is 4.81. The smallest absolute Gasteiger partial charge is 0.381 e. The van der Waals surface area contributed by atoms with E-state index in [0.717, 1.165) is 32.4 Å². The Morgan fingerprint density at radius 2 is 1.68 bits per heavy atom. The van der Waals surface area contributed by atoms with Crippen LogP contribution in [0.5, 0.6) is 0 Å². The highest BCUT2D eigenvalue weighted by atomic mass is 19.4. The Bertz CT molecular complexity index is 279. The minimum absolute atomic E-state index is 0.187. The Hall–Kier alpha value is -0.290. The fraction of sp³-hybridized carbons (Fsp3) is 1.00. The van der Waals surface area contributed by atoms with Crippen LogP contribution in [0.4, 0.5) is 13.2 Å². The molecule has 0 N–H and O–H groups in total. The van der Waals surface area contributed by atoms with E-state index in [-0.39, 0.29) is 12.6 Å². The molecule has 1 aliphatic heterocycles. The second kappa shape index (κ2) is 6.00. The molecule has 0 amide bonds. The molecule has 1 aliphatic carbocycles. The molecule has 0 aromatic carbocycles. The van der Waals surface area contributed by atoms with Gasteiger partial charge in [-0.3, -0.25) is 0 Å². The minimum atomic E-state index is -4.06. The fourth-order valence-electron chi connectivity index (χ4n) is 3.49. The number of hydrogen-bond acceptors (Lipinski definition) is 2. The molecule has 0 aromatic rings. The molecular weight excluding hydrogens is 255 g/mol. The number of rotatable bonds is 3. The van der Waals surface area contributed by atoms with Gasteiger partial charge in [0.1, 0.15) is 0 Å². The summed E-state index contributed by atoms with van der Waals surface area (Å²) in [7, 11) is 1.68. The van der Waals surface area contributed by atoms with E-state index in [1.54, 1.807) is 7.11 Å². The van der Waals surface area contributed by atoms with E-state index < -0.39 is 11.6 Å². The van der Waals surface area contributed by atoms with Crippen LogP contribution in [0.15, 0.2) is 0 Å². The van der Waals surface area contributed by atoms with Crippen molar-refractivity contribution in [2.24, 2.45) is 5.41 Å². The zero-order valence-corrected chi connectivity index (χ0v) is 11.6. The molecule has 0 spiro atoms. The highest BCUT2D eigenvalue weighted by molar-refractivity contribution is 4.92. The van der Waals surface area contributed by atoms with Crippen LogP contribution in [-0.2, 0) is 4.74 Å². The highest BCUT2D eigenvalue weighted by Gasteiger charge is 2.55. The van der Waals surface area contributed by atoms with Gasteiger partial charge in [0, 0.05) is 26.7 Å². The normalized spacial score (nSPS) is 26.5. The molecular formula is C14H24F3NO. The molecule has 1 heterocycles. The van der Waals surface area contributed by atoms with Gasteiger partial charge >= 0.3 is 6.18 Å². The number of hydrogen-bond donors (Lipinski definition) is 0. The molecule has 19 heavy (non-hydrogen) atoms. The van der Waals surface area contributed by atoms with Crippen molar-refractivity contribution in [3.05, 3.63) is 0 Å². The average Bonchev–Trinajstić information content (AvgIpc) is 2.39. The lowest BCUT2D eigenvalue weighted by Crippen LogP contribution is -2.50. The average molecular weight is 279 g/mol. The Kier molecular flexibility index (Phi) is 4.77. The van der Waals surface area contributed by atoms with Crippen LogP contribution < -0.4 is 0 Å². The summed E-state index contributed by atoms with van der Waals surface area (Å²) in [6, 6.07) is 0. The molecule has 2 aliphatic rings. The molecule has 0 radical (unpaired) electrons. The minimum Gasteiger partial charge on any atom is -0.381 e. The number of halogens is 3. The van der Waals surface area contributed by atoms with Gasteiger partial charge in [-0.25, -0.2) is 0 Å². The first-order valence-corrected chi connectivity index (χ1v) is 7.29. The number of likely N-dealkylation sites (tertiary alicyclic amines) is 1. The summed E-state index contributed by atoms with van der Waals surface area (Å²) in [6.07, 6.45) is 0.859. The van der Waals surface area contributed by atoms with Crippen LogP contribution in [-0.4, -0.2) is 43.9 Å². The van der Waals surface area contributed by atoms with Gasteiger partial charge in [-0.05, 0) is 25.7 Å². The lowest BCUT2D eigenvalue weighted by Gasteiger charge is -2.44. The molecule has 5 heteroatoms. The van der Waals surface area contributed by atoms with Crippen LogP contribution >= 0.6 is 0 Å². The molecule has 1 saturated carbocycles. The monoisotopic (exact) mass is 279 g/mol. The Balaban J connectivity index is 1.97. The summed E-state index contributed by atoms with van der Waals surface area (Å²) < 4.78 is 45.6. The lowest BCUT2D eigenvalue weighted by atomic mass is 9.73. The number of nitrogens with zero attached hydrogens (tertiary/aromatic N) is 1. The predicted octanol–water partition coefficient (Wildman–Crippen LogP) is 3.61. The Morgan fingerprint density at radius 3 is 2.16 bits per heavy atom. The third kappa shape index (κ3) is 3.43. The van der Waals surface area contributed by atoms with E-state index in [0.29, 0.717) is 25.7 Å². The maximum atomic E-state index is 13.4. The van der Waals surface area contributed by atoms with E-state index in [1.165, 1.54) is 0 Å². The van der Waals surface area contributed by atoms with Gasteiger partial charge < -0.3 is 9.64 Å². The van der Waals surface area contributed by atoms with Crippen molar-refractivity contribution in [2.75, 3.05) is 26.7 Å². The first-order chi connectivity index (χ1) is 8.97. The van der Waals surface area contributed by atoms with Gasteiger partial charge in [-0.2, -0.15) is 13.2 Å². The van der Waals surface area contributed by atoms with Crippen molar-refractivity contribution in [3.63, 3.8) is 0 Å². The standard InChI is InChI=1S/C14H24F3NO/c1-19-12-5-9-18(10-6-12)11-13(14(15,16)17)7-3-2-4-8-13/h12H,2-11H2,1H3. The molecule has 0 aromatic heterocycles. The summed E-state index contributed by atoms with van der Waals surface area (Å²) in [6.45, 7) is 1.65. The van der Waals surface area contributed by atoms with E-state index in [2.05, 4.69) is 0 Å². The molecule has 2 nitrogen and oxygen atoms in total. The number of piperidine rings is 1. The van der Waals surface area contributed by atoms with Crippen LogP contribution in [0.25, 0.3) is 0 Å². The summed E-state index contributed by atoms with van der Waals surface area (Å²) in [4.78, 5) is 1.99. The quantitative estimate of drug-likeness (QED) is 0.782. The van der Waals surface area contributed by atoms with E-state index in [9.17, 15) is 13.2 Å². The predicted molar refractivity (Wildman–Crippen MR) is 68.0 cm³/mol. The summed E-state index contributed by atoms with van der Waals surface area (Å²) in [5.74, 6) is 0. The van der Waals surface area contributed by atoms with Crippen LogP contribution in [0.2, 0.25) is 0 Å². The Labute approximate surface area is 113 Å². The fourth-order valence-corrected chi connectivity index (χ4v) is 3.49. The van der Waals surface area contributed by atoms with Crippen LogP contribution in [0, 0.1) is 5.41 Å². The number of methoxy groups -OCH3 is 1. The summed E-state index contributed by atoms with van der Waals surface area (Å²) in [5.41, 5.74) is -1.45. The largest absolute Gasteiger partial charge is 0.395 e. The van der Waals surface area contributed by atoms with Gasteiger partial charge in [-0.1, -0.05) is 19.3 Å². The zero-order chi connectivity index (χ0) is 13.9. The van der Waals surface area contributed by atoms with E-state index >= 15 is 0 Å². The van der Waals surface area contributed by atoms with Crippen LogP contribution in [0.1, 0.15) is 44.9 Å². The molecule has 112 valence electrons. The second-order valence-corrected chi connectivity index (χ2v) is 6.05.